The Morgan fingerprint density at radius 3 is 3.13 bits per heavy atom. The van der Waals surface area contributed by atoms with Crippen LogP contribution < -0.4 is 0 Å². The first kappa shape index (κ1) is 9.48. The fourth-order valence-corrected chi connectivity index (χ4v) is 3.41. The highest BCUT2D eigenvalue weighted by Gasteiger charge is 2.23. The van der Waals surface area contributed by atoms with E-state index >= 15 is 0 Å². The summed E-state index contributed by atoms with van der Waals surface area (Å²) in [6, 6.07) is 5.71. The standard InChI is InChI=1S/C10H10ClN3S/c11-8-4-1-5-9-12-13-10(14(8)9)7-3-2-6-15-7/h1,4-5,7H,2-3,6H2. The predicted molar refractivity (Wildman–Crippen MR) is 62.4 cm³/mol. The van der Waals surface area contributed by atoms with E-state index in [0.717, 1.165) is 11.5 Å². The number of rotatable bonds is 1. The SMILES string of the molecule is Clc1cccc2nnc(C3CCCS3)n12. The smallest absolute Gasteiger partial charge is 0.161 e. The average molecular weight is 240 g/mol. The normalized spacial score (nSPS) is 21.3. The fraction of sp³-hybridized carbons (Fsp3) is 0.400. The van der Waals surface area contributed by atoms with Crippen LogP contribution in [-0.2, 0) is 0 Å². The van der Waals surface area contributed by atoms with Gasteiger partial charge in [0.25, 0.3) is 0 Å². The first-order valence-corrected chi connectivity index (χ1v) is 6.40. The Morgan fingerprint density at radius 2 is 2.33 bits per heavy atom. The number of thioether (sulfide) groups is 1. The van der Waals surface area contributed by atoms with Crippen molar-refractivity contribution in [3.8, 4) is 0 Å². The highest BCUT2D eigenvalue weighted by molar-refractivity contribution is 7.99. The van der Waals surface area contributed by atoms with E-state index in [4.69, 9.17) is 11.6 Å². The first-order chi connectivity index (χ1) is 7.36. The molecule has 0 amide bonds. The van der Waals surface area contributed by atoms with Crippen LogP contribution in [0, 0.1) is 0 Å². The number of hydrogen-bond acceptors (Lipinski definition) is 3. The van der Waals surface area contributed by atoms with Crippen molar-refractivity contribution in [2.75, 3.05) is 5.75 Å². The maximum atomic E-state index is 6.16. The van der Waals surface area contributed by atoms with Crippen molar-refractivity contribution in [1.29, 1.82) is 0 Å². The molecule has 1 fully saturated rings. The van der Waals surface area contributed by atoms with Crippen LogP contribution in [0.25, 0.3) is 5.65 Å². The number of hydrogen-bond donors (Lipinski definition) is 0. The van der Waals surface area contributed by atoms with E-state index in [9.17, 15) is 0 Å². The van der Waals surface area contributed by atoms with Gasteiger partial charge in [0.05, 0.1) is 5.25 Å². The van der Waals surface area contributed by atoms with Gasteiger partial charge in [-0.1, -0.05) is 17.7 Å². The van der Waals surface area contributed by atoms with Crippen LogP contribution in [0.2, 0.25) is 5.15 Å². The Labute approximate surface area is 96.8 Å². The van der Waals surface area contributed by atoms with Gasteiger partial charge in [-0.3, -0.25) is 4.40 Å². The fourth-order valence-electron chi connectivity index (χ4n) is 1.91. The molecule has 0 N–H and O–H groups in total. The van der Waals surface area contributed by atoms with Crippen molar-refractivity contribution in [2.45, 2.75) is 18.1 Å². The summed E-state index contributed by atoms with van der Waals surface area (Å²) in [5.41, 5.74) is 0.838. The zero-order valence-corrected chi connectivity index (χ0v) is 9.63. The molecular formula is C10H10ClN3S. The minimum atomic E-state index is 0.458. The summed E-state index contributed by atoms with van der Waals surface area (Å²) < 4.78 is 1.95. The number of nitrogens with zero attached hydrogens (tertiary/aromatic N) is 3. The molecule has 0 aromatic carbocycles. The molecule has 1 saturated heterocycles. The van der Waals surface area contributed by atoms with Gasteiger partial charge in [-0.25, -0.2) is 0 Å². The number of fused-ring (bicyclic) bond motifs is 1. The van der Waals surface area contributed by atoms with Gasteiger partial charge in [0, 0.05) is 0 Å². The van der Waals surface area contributed by atoms with Gasteiger partial charge in [-0.15, -0.1) is 10.2 Å². The van der Waals surface area contributed by atoms with Crippen LogP contribution in [0.4, 0.5) is 0 Å². The Bertz CT molecular complexity index is 490. The van der Waals surface area contributed by atoms with Gasteiger partial charge >= 0.3 is 0 Å². The lowest BCUT2D eigenvalue weighted by atomic mass is 10.2. The lowest BCUT2D eigenvalue weighted by Crippen LogP contribution is -1.98. The summed E-state index contributed by atoms with van der Waals surface area (Å²) in [6.45, 7) is 0. The van der Waals surface area contributed by atoms with Crippen molar-refractivity contribution in [3.05, 3.63) is 29.2 Å². The highest BCUT2D eigenvalue weighted by Crippen LogP contribution is 2.39. The molecule has 0 saturated carbocycles. The van der Waals surface area contributed by atoms with Crippen LogP contribution >= 0.6 is 23.4 Å². The summed E-state index contributed by atoms with van der Waals surface area (Å²) in [5, 5.41) is 9.54. The predicted octanol–water partition coefficient (Wildman–Crippen LogP) is 2.95. The minimum Gasteiger partial charge on any atom is -0.268 e. The lowest BCUT2D eigenvalue weighted by Gasteiger charge is -2.06. The molecule has 2 aromatic heterocycles. The Balaban J connectivity index is 2.18. The van der Waals surface area contributed by atoms with Gasteiger partial charge in [0.2, 0.25) is 0 Å². The summed E-state index contributed by atoms with van der Waals surface area (Å²) >= 11 is 8.10. The van der Waals surface area contributed by atoms with Crippen LogP contribution in [0.1, 0.15) is 23.9 Å². The van der Waals surface area contributed by atoms with Gasteiger partial charge < -0.3 is 0 Å². The molecule has 5 heteroatoms. The number of halogens is 1. The van der Waals surface area contributed by atoms with Crippen molar-refractivity contribution < 1.29 is 0 Å². The second-order valence-corrected chi connectivity index (χ2v) is 5.30. The van der Waals surface area contributed by atoms with Crippen LogP contribution in [-0.4, -0.2) is 20.4 Å². The molecule has 0 bridgehead atoms. The van der Waals surface area contributed by atoms with Crippen molar-refractivity contribution in [1.82, 2.24) is 14.6 Å². The molecule has 3 rings (SSSR count). The molecule has 2 aromatic rings. The van der Waals surface area contributed by atoms with Gasteiger partial charge in [-0.05, 0) is 30.7 Å². The Kier molecular flexibility index (Phi) is 2.33. The molecular weight excluding hydrogens is 230 g/mol. The monoisotopic (exact) mass is 239 g/mol. The second-order valence-electron chi connectivity index (χ2n) is 3.60. The molecule has 0 spiro atoms. The molecule has 0 radical (unpaired) electrons. The highest BCUT2D eigenvalue weighted by atomic mass is 35.5. The van der Waals surface area contributed by atoms with Crippen LogP contribution in [0.3, 0.4) is 0 Å². The molecule has 1 unspecified atom stereocenters. The third-order valence-electron chi connectivity index (χ3n) is 2.62. The Hall–Kier alpha value is -0.740. The minimum absolute atomic E-state index is 0.458. The van der Waals surface area contributed by atoms with Crippen LogP contribution in [0.15, 0.2) is 18.2 Å². The Morgan fingerprint density at radius 1 is 1.40 bits per heavy atom. The second kappa shape index (κ2) is 3.68. The van der Waals surface area contributed by atoms with E-state index in [0.29, 0.717) is 10.4 Å². The van der Waals surface area contributed by atoms with Gasteiger partial charge in [-0.2, -0.15) is 11.8 Å². The number of aromatic nitrogens is 3. The third-order valence-corrected chi connectivity index (χ3v) is 4.29. The summed E-state index contributed by atoms with van der Waals surface area (Å²) in [6.07, 6.45) is 2.44. The largest absolute Gasteiger partial charge is 0.268 e. The quantitative estimate of drug-likeness (QED) is 0.717. The lowest BCUT2D eigenvalue weighted by molar-refractivity contribution is 0.766. The van der Waals surface area contributed by atoms with Gasteiger partial charge in [0.1, 0.15) is 5.15 Å². The zero-order valence-electron chi connectivity index (χ0n) is 8.06. The van der Waals surface area contributed by atoms with Crippen molar-refractivity contribution >= 4 is 29.0 Å². The third kappa shape index (κ3) is 1.52. The molecule has 78 valence electrons. The summed E-state index contributed by atoms with van der Waals surface area (Å²) in [5.74, 6) is 2.21. The van der Waals surface area contributed by atoms with E-state index in [2.05, 4.69) is 10.2 Å². The van der Waals surface area contributed by atoms with E-state index in [1.54, 1.807) is 0 Å². The van der Waals surface area contributed by atoms with E-state index < -0.39 is 0 Å². The zero-order chi connectivity index (χ0) is 10.3. The van der Waals surface area contributed by atoms with E-state index in [1.807, 2.05) is 34.4 Å². The molecule has 15 heavy (non-hydrogen) atoms. The molecule has 0 aliphatic carbocycles. The molecule has 1 atom stereocenters. The average Bonchev–Trinajstić information content (AvgIpc) is 2.85. The maximum Gasteiger partial charge on any atom is 0.161 e. The first-order valence-electron chi connectivity index (χ1n) is 4.97. The molecule has 3 nitrogen and oxygen atoms in total. The summed E-state index contributed by atoms with van der Waals surface area (Å²) in [7, 11) is 0. The van der Waals surface area contributed by atoms with Crippen LogP contribution in [0.5, 0.6) is 0 Å². The molecule has 1 aliphatic heterocycles. The molecule has 3 heterocycles. The number of pyridine rings is 1. The van der Waals surface area contributed by atoms with Gasteiger partial charge in [0.15, 0.2) is 11.5 Å². The molecule has 1 aliphatic rings. The van der Waals surface area contributed by atoms with E-state index in [1.165, 1.54) is 18.6 Å². The summed E-state index contributed by atoms with van der Waals surface area (Å²) in [4.78, 5) is 0. The maximum absolute atomic E-state index is 6.16. The van der Waals surface area contributed by atoms with Crippen molar-refractivity contribution in [3.63, 3.8) is 0 Å². The topological polar surface area (TPSA) is 30.2 Å². The van der Waals surface area contributed by atoms with Crippen molar-refractivity contribution in [2.24, 2.45) is 0 Å². The van der Waals surface area contributed by atoms with E-state index in [-0.39, 0.29) is 0 Å².